The number of imidazole rings is 1. The lowest BCUT2D eigenvalue weighted by molar-refractivity contribution is 0.0910. The summed E-state index contributed by atoms with van der Waals surface area (Å²) in [7, 11) is 1.55. The third-order valence-corrected chi connectivity index (χ3v) is 5.02. The minimum Gasteiger partial charge on any atom is -0.491 e. The first kappa shape index (κ1) is 19.2. The number of ether oxygens (including phenoxy) is 1. The maximum Gasteiger partial charge on any atom is 0.329 e. The number of aryl methyl sites for hydroxylation is 2. The molecule has 0 saturated carbocycles. The molecule has 2 N–H and O–H groups in total. The molecule has 0 saturated heterocycles. The lowest BCUT2D eigenvalue weighted by Crippen LogP contribution is -2.30. The fraction of sp³-hybridized carbons (Fsp3) is 0.389. The number of hydrogen-bond donors (Lipinski definition) is 2. The number of rotatable bonds is 7. The van der Waals surface area contributed by atoms with Gasteiger partial charge in [0.15, 0.2) is 16.3 Å². The van der Waals surface area contributed by atoms with Crippen LogP contribution in [0.2, 0.25) is 0 Å². The quantitative estimate of drug-likeness (QED) is 0.590. The van der Waals surface area contributed by atoms with Crippen molar-refractivity contribution in [1.82, 2.24) is 19.1 Å². The maximum absolute atomic E-state index is 12.3. The second kappa shape index (κ2) is 8.01. The minimum absolute atomic E-state index is 0.0738. The molecule has 0 aliphatic carbocycles. The summed E-state index contributed by atoms with van der Waals surface area (Å²) in [6.07, 6.45) is -0.852. The number of aromatic amines is 1. The van der Waals surface area contributed by atoms with E-state index in [1.54, 1.807) is 11.6 Å². The fourth-order valence-corrected chi connectivity index (χ4v) is 3.52. The van der Waals surface area contributed by atoms with Crippen LogP contribution in [0.1, 0.15) is 12.5 Å². The van der Waals surface area contributed by atoms with Crippen molar-refractivity contribution in [3.8, 4) is 5.75 Å². The summed E-state index contributed by atoms with van der Waals surface area (Å²) in [5.74, 6) is 1.45. The molecule has 8 nitrogen and oxygen atoms in total. The highest BCUT2D eigenvalue weighted by Gasteiger charge is 2.20. The zero-order valence-electron chi connectivity index (χ0n) is 15.4. The number of nitrogens with one attached hydrogen (secondary N) is 1. The van der Waals surface area contributed by atoms with Crippen LogP contribution in [0.5, 0.6) is 5.75 Å². The van der Waals surface area contributed by atoms with Gasteiger partial charge in [-0.2, -0.15) is 0 Å². The highest BCUT2D eigenvalue weighted by atomic mass is 32.2. The second-order valence-corrected chi connectivity index (χ2v) is 7.39. The Balaban J connectivity index is 1.90. The largest absolute Gasteiger partial charge is 0.491 e. The van der Waals surface area contributed by atoms with Crippen LogP contribution in [0.3, 0.4) is 0 Å². The van der Waals surface area contributed by atoms with Crippen molar-refractivity contribution in [3.63, 3.8) is 0 Å². The van der Waals surface area contributed by atoms with E-state index in [0.717, 1.165) is 11.3 Å². The van der Waals surface area contributed by atoms with E-state index in [4.69, 9.17) is 4.74 Å². The predicted molar refractivity (Wildman–Crippen MR) is 105 cm³/mol. The van der Waals surface area contributed by atoms with Crippen molar-refractivity contribution in [2.24, 2.45) is 7.05 Å². The molecule has 3 aromatic rings. The number of thioether (sulfide) groups is 1. The number of aromatic nitrogens is 4. The van der Waals surface area contributed by atoms with Gasteiger partial charge >= 0.3 is 5.69 Å². The lowest BCUT2D eigenvalue weighted by Gasteiger charge is -2.16. The van der Waals surface area contributed by atoms with Crippen molar-refractivity contribution >= 4 is 22.9 Å². The number of benzene rings is 1. The summed E-state index contributed by atoms with van der Waals surface area (Å²) in [6, 6.07) is 7.56. The van der Waals surface area contributed by atoms with Crippen molar-refractivity contribution in [3.05, 3.63) is 50.7 Å². The van der Waals surface area contributed by atoms with Crippen molar-refractivity contribution < 1.29 is 9.84 Å². The minimum atomic E-state index is -0.852. The summed E-state index contributed by atoms with van der Waals surface area (Å²) in [4.78, 5) is 30.9. The molecule has 0 spiro atoms. The van der Waals surface area contributed by atoms with Gasteiger partial charge in [-0.3, -0.25) is 14.3 Å². The van der Waals surface area contributed by atoms with Gasteiger partial charge in [-0.05, 0) is 24.3 Å². The molecule has 1 atom stereocenters. The van der Waals surface area contributed by atoms with Crippen molar-refractivity contribution in [1.29, 1.82) is 0 Å². The van der Waals surface area contributed by atoms with Crippen LogP contribution in [0.15, 0.2) is 39.0 Å². The molecule has 9 heteroatoms. The standard InChI is InChI=1S/C18H22N4O4S/c1-4-27-18-19-15-14(16(24)20-17(25)21(15)3)22(18)9-12(23)10-26-13-8-6-5-7-11(13)2/h5-8,12,23H,4,9-10H2,1-3H3,(H,20,24,25)/t12-/m0/s1. The van der Waals surface area contributed by atoms with E-state index in [2.05, 4.69) is 9.97 Å². The molecule has 27 heavy (non-hydrogen) atoms. The Hall–Kier alpha value is -2.52. The topological polar surface area (TPSA) is 102 Å². The second-order valence-electron chi connectivity index (χ2n) is 6.16. The number of aliphatic hydroxyl groups is 1. The Morgan fingerprint density at radius 1 is 1.33 bits per heavy atom. The summed E-state index contributed by atoms with van der Waals surface area (Å²) in [5.41, 5.74) is 0.505. The first-order valence-electron chi connectivity index (χ1n) is 8.61. The molecule has 0 aliphatic heterocycles. The number of hydrogen-bond acceptors (Lipinski definition) is 6. The molecule has 0 aliphatic rings. The normalized spacial score (nSPS) is 12.4. The highest BCUT2D eigenvalue weighted by Crippen LogP contribution is 2.22. The van der Waals surface area contributed by atoms with Gasteiger partial charge in [-0.1, -0.05) is 36.9 Å². The molecule has 0 amide bonds. The van der Waals surface area contributed by atoms with Gasteiger partial charge in [0.1, 0.15) is 18.5 Å². The molecule has 0 bridgehead atoms. The van der Waals surface area contributed by atoms with Crippen LogP contribution in [-0.4, -0.2) is 42.7 Å². The van der Waals surface area contributed by atoms with E-state index in [0.29, 0.717) is 16.6 Å². The maximum atomic E-state index is 12.3. The summed E-state index contributed by atoms with van der Waals surface area (Å²) < 4.78 is 8.64. The Morgan fingerprint density at radius 2 is 2.07 bits per heavy atom. The Bertz CT molecular complexity index is 1070. The molecule has 0 radical (unpaired) electrons. The molecule has 3 rings (SSSR count). The van der Waals surface area contributed by atoms with Gasteiger partial charge in [-0.15, -0.1) is 0 Å². The Kier molecular flexibility index (Phi) is 5.71. The Morgan fingerprint density at radius 3 is 2.78 bits per heavy atom. The van der Waals surface area contributed by atoms with Crippen LogP contribution in [0, 0.1) is 6.92 Å². The molecule has 0 fully saturated rings. The molecule has 1 aromatic carbocycles. The summed E-state index contributed by atoms with van der Waals surface area (Å²) >= 11 is 1.44. The molecule has 2 heterocycles. The number of H-pyrrole nitrogens is 1. The van der Waals surface area contributed by atoms with Gasteiger partial charge in [0.05, 0.1) is 6.54 Å². The molecule has 144 valence electrons. The number of fused-ring (bicyclic) bond motifs is 1. The van der Waals surface area contributed by atoms with E-state index in [1.807, 2.05) is 38.1 Å². The van der Waals surface area contributed by atoms with Crippen molar-refractivity contribution in [2.45, 2.75) is 31.7 Å². The number of para-hydroxylation sites is 1. The van der Waals surface area contributed by atoms with E-state index < -0.39 is 17.4 Å². The van der Waals surface area contributed by atoms with E-state index in [-0.39, 0.29) is 18.7 Å². The summed E-state index contributed by atoms with van der Waals surface area (Å²) in [6.45, 7) is 4.10. The lowest BCUT2D eigenvalue weighted by atomic mass is 10.2. The fourth-order valence-electron chi connectivity index (χ4n) is 2.79. The Labute approximate surface area is 159 Å². The molecule has 2 aromatic heterocycles. The zero-order valence-corrected chi connectivity index (χ0v) is 16.2. The SMILES string of the molecule is CCSc1nc2c(c(=O)[nH]c(=O)n2C)n1C[C@H](O)COc1ccccc1C. The van der Waals surface area contributed by atoms with Gasteiger partial charge in [0, 0.05) is 7.05 Å². The van der Waals surface area contributed by atoms with Crippen LogP contribution in [-0.2, 0) is 13.6 Å². The first-order valence-corrected chi connectivity index (χ1v) is 9.59. The van der Waals surface area contributed by atoms with Crippen LogP contribution in [0.4, 0.5) is 0 Å². The molecular weight excluding hydrogens is 368 g/mol. The van der Waals surface area contributed by atoms with Gasteiger partial charge in [0.25, 0.3) is 5.56 Å². The van der Waals surface area contributed by atoms with Crippen molar-refractivity contribution in [2.75, 3.05) is 12.4 Å². The average Bonchev–Trinajstić information content (AvgIpc) is 2.98. The first-order chi connectivity index (χ1) is 12.9. The third-order valence-electron chi connectivity index (χ3n) is 4.16. The summed E-state index contributed by atoms with van der Waals surface area (Å²) in [5, 5.41) is 11.1. The number of nitrogens with zero attached hydrogens (tertiary/aromatic N) is 3. The number of aliphatic hydroxyl groups excluding tert-OH is 1. The zero-order chi connectivity index (χ0) is 19.6. The van der Waals surface area contributed by atoms with Crippen LogP contribution < -0.4 is 16.0 Å². The average molecular weight is 390 g/mol. The third kappa shape index (κ3) is 3.93. The van der Waals surface area contributed by atoms with Gasteiger partial charge in [-0.25, -0.2) is 9.78 Å². The molecule has 0 unspecified atom stereocenters. The smallest absolute Gasteiger partial charge is 0.329 e. The molecular formula is C18H22N4O4S. The van der Waals surface area contributed by atoms with Gasteiger partial charge < -0.3 is 14.4 Å². The van der Waals surface area contributed by atoms with Crippen LogP contribution >= 0.6 is 11.8 Å². The highest BCUT2D eigenvalue weighted by molar-refractivity contribution is 7.99. The van der Waals surface area contributed by atoms with E-state index >= 15 is 0 Å². The monoisotopic (exact) mass is 390 g/mol. The predicted octanol–water partition coefficient (Wildman–Crippen LogP) is 1.28. The van der Waals surface area contributed by atoms with E-state index in [9.17, 15) is 14.7 Å². The van der Waals surface area contributed by atoms with Crippen LogP contribution in [0.25, 0.3) is 11.2 Å². The van der Waals surface area contributed by atoms with E-state index in [1.165, 1.54) is 16.3 Å². The van der Waals surface area contributed by atoms with Gasteiger partial charge in [0.2, 0.25) is 0 Å².